The van der Waals surface area contributed by atoms with Gasteiger partial charge >= 0.3 is 0 Å². The molecule has 1 saturated heterocycles. The third-order valence-electron chi connectivity index (χ3n) is 10.6. The Morgan fingerprint density at radius 3 is 2.30 bits per heavy atom. The van der Waals surface area contributed by atoms with Gasteiger partial charge in [0.05, 0.1) is 10.1 Å². The second-order valence-electron chi connectivity index (χ2n) is 12.9. The lowest BCUT2D eigenvalue weighted by Crippen LogP contribution is -2.49. The smallest absolute Gasteiger partial charge is 0.181 e. The highest BCUT2D eigenvalue weighted by molar-refractivity contribution is 7.92. The quantitative estimate of drug-likeness (QED) is 0.306. The van der Waals surface area contributed by atoms with Crippen molar-refractivity contribution in [2.75, 3.05) is 13.1 Å². The fourth-order valence-electron chi connectivity index (χ4n) is 8.50. The molecule has 3 fully saturated rings. The number of hydrogen-bond donors (Lipinski definition) is 0. The fourth-order valence-corrected chi connectivity index (χ4v) is 10.2. The molecule has 2 saturated carbocycles. The van der Waals surface area contributed by atoms with Crippen molar-refractivity contribution in [3.05, 3.63) is 83.4 Å². The first-order chi connectivity index (χ1) is 19.4. The van der Waals surface area contributed by atoms with Gasteiger partial charge in [0.2, 0.25) is 0 Å². The predicted molar refractivity (Wildman–Crippen MR) is 157 cm³/mol. The Kier molecular flexibility index (Phi) is 6.90. The second kappa shape index (κ2) is 10.4. The normalized spacial score (nSPS) is 24.8. The molecule has 7 rings (SSSR count). The zero-order valence-corrected chi connectivity index (χ0v) is 24.2. The average molecular weight is 561 g/mol. The van der Waals surface area contributed by atoms with Crippen LogP contribution in [0.15, 0.2) is 65.8 Å². The molecule has 1 atom stereocenters. The lowest BCUT2D eigenvalue weighted by Gasteiger charge is -2.52. The van der Waals surface area contributed by atoms with E-state index in [0.29, 0.717) is 16.7 Å². The van der Waals surface area contributed by atoms with Gasteiger partial charge in [0.25, 0.3) is 0 Å². The van der Waals surface area contributed by atoms with Crippen LogP contribution in [-0.4, -0.2) is 36.2 Å². The summed E-state index contributed by atoms with van der Waals surface area (Å²) in [6.45, 7) is 3.10. The standard InChI is InChI=1S/C34H41FN2O2S/c35-33-9-3-8-32-31(33)7-4-19-34(32,26-5-1-2-6-26)27-17-20-36(21-18-27)23-25-16-22-37(24-25)28-10-12-29(13-11-28)40(38,39)30-14-15-30/h3,8-13,16,22,24,26-27,30H,1-2,4-7,14-15,17-21,23H2. The molecule has 212 valence electrons. The molecular formula is C34H41FN2O2S. The number of aromatic nitrogens is 1. The lowest BCUT2D eigenvalue weighted by molar-refractivity contribution is 0.0700. The largest absolute Gasteiger partial charge is 0.324 e. The van der Waals surface area contributed by atoms with Crippen LogP contribution in [0.2, 0.25) is 0 Å². The van der Waals surface area contributed by atoms with Crippen LogP contribution in [0.5, 0.6) is 0 Å². The van der Waals surface area contributed by atoms with Crippen LogP contribution in [0.25, 0.3) is 5.69 Å². The number of nitrogens with zero attached hydrogens (tertiary/aromatic N) is 2. The first-order valence-corrected chi connectivity index (χ1v) is 17.0. The van der Waals surface area contributed by atoms with Crippen molar-refractivity contribution in [2.24, 2.45) is 11.8 Å². The van der Waals surface area contributed by atoms with Gasteiger partial charge in [-0.2, -0.15) is 0 Å². The molecule has 2 heterocycles. The van der Waals surface area contributed by atoms with E-state index in [9.17, 15) is 12.8 Å². The number of fused-ring (bicyclic) bond motifs is 1. The summed E-state index contributed by atoms with van der Waals surface area (Å²) in [7, 11) is -3.15. The van der Waals surface area contributed by atoms with Crippen LogP contribution < -0.4 is 0 Å². The molecule has 1 aliphatic heterocycles. The molecule has 3 aliphatic carbocycles. The fraction of sp³-hybridized carbons (Fsp3) is 0.529. The molecule has 0 radical (unpaired) electrons. The third-order valence-corrected chi connectivity index (χ3v) is 12.9. The molecule has 2 aromatic carbocycles. The Bertz CT molecular complexity index is 1460. The van der Waals surface area contributed by atoms with E-state index in [1.165, 1.54) is 56.1 Å². The second-order valence-corrected chi connectivity index (χ2v) is 15.1. The molecule has 0 amide bonds. The van der Waals surface area contributed by atoms with Crippen LogP contribution in [0, 0.1) is 17.7 Å². The lowest BCUT2D eigenvalue weighted by atomic mass is 9.54. The number of likely N-dealkylation sites (tertiary alicyclic amines) is 1. The van der Waals surface area contributed by atoms with Crippen molar-refractivity contribution in [2.45, 2.75) is 92.7 Å². The maximum Gasteiger partial charge on any atom is 0.181 e. The van der Waals surface area contributed by atoms with Gasteiger partial charge in [0.15, 0.2) is 9.84 Å². The Labute approximate surface area is 238 Å². The zero-order valence-electron chi connectivity index (χ0n) is 23.4. The van der Waals surface area contributed by atoms with Crippen molar-refractivity contribution in [3.8, 4) is 5.69 Å². The maximum absolute atomic E-state index is 15.0. The van der Waals surface area contributed by atoms with Crippen LogP contribution in [-0.2, 0) is 28.2 Å². The van der Waals surface area contributed by atoms with Crippen LogP contribution in [0.1, 0.15) is 80.9 Å². The minimum atomic E-state index is -3.15. The molecule has 0 N–H and O–H groups in total. The molecule has 0 bridgehead atoms. The molecule has 6 heteroatoms. The van der Waals surface area contributed by atoms with Gasteiger partial charge in [-0.3, -0.25) is 4.90 Å². The summed E-state index contributed by atoms with van der Waals surface area (Å²) in [6, 6.07) is 15.4. The molecule has 1 aromatic heterocycles. The Morgan fingerprint density at radius 2 is 1.57 bits per heavy atom. The molecule has 40 heavy (non-hydrogen) atoms. The Balaban J connectivity index is 1.04. The van der Waals surface area contributed by atoms with Gasteiger partial charge in [-0.1, -0.05) is 25.0 Å². The molecular weight excluding hydrogens is 519 g/mol. The molecule has 3 aromatic rings. The summed E-state index contributed by atoms with van der Waals surface area (Å²) in [4.78, 5) is 3.02. The van der Waals surface area contributed by atoms with E-state index in [2.05, 4.69) is 34.0 Å². The van der Waals surface area contributed by atoms with Gasteiger partial charge in [-0.15, -0.1) is 0 Å². The first kappa shape index (κ1) is 26.5. The SMILES string of the molecule is O=S(=O)(c1ccc(-n2ccc(CN3CCC(C4(C5CCCC5)CCCc5c(F)cccc54)CC3)c2)cc1)C1CC1. The van der Waals surface area contributed by atoms with E-state index < -0.39 is 9.84 Å². The van der Waals surface area contributed by atoms with Crippen molar-refractivity contribution in [1.29, 1.82) is 0 Å². The molecule has 1 unspecified atom stereocenters. The van der Waals surface area contributed by atoms with Gasteiger partial charge in [0.1, 0.15) is 5.82 Å². The van der Waals surface area contributed by atoms with Crippen LogP contribution in [0.3, 0.4) is 0 Å². The summed E-state index contributed by atoms with van der Waals surface area (Å²) in [5, 5.41) is -0.178. The summed E-state index contributed by atoms with van der Waals surface area (Å²) in [5.41, 5.74) is 4.80. The summed E-state index contributed by atoms with van der Waals surface area (Å²) in [5.74, 6) is 1.34. The van der Waals surface area contributed by atoms with Crippen LogP contribution in [0.4, 0.5) is 4.39 Å². The summed E-state index contributed by atoms with van der Waals surface area (Å²) >= 11 is 0. The highest BCUT2D eigenvalue weighted by Gasteiger charge is 2.50. The van der Waals surface area contributed by atoms with E-state index in [4.69, 9.17) is 0 Å². The van der Waals surface area contributed by atoms with Crippen molar-refractivity contribution in [1.82, 2.24) is 9.47 Å². The minimum Gasteiger partial charge on any atom is -0.324 e. The highest BCUT2D eigenvalue weighted by Crippen LogP contribution is 2.56. The maximum atomic E-state index is 15.0. The number of sulfone groups is 1. The van der Waals surface area contributed by atoms with E-state index in [1.807, 2.05) is 18.2 Å². The van der Waals surface area contributed by atoms with Crippen molar-refractivity contribution < 1.29 is 12.8 Å². The average Bonchev–Trinajstić information content (AvgIpc) is 3.51. The molecule has 4 aliphatic rings. The topological polar surface area (TPSA) is 42.3 Å². The van der Waals surface area contributed by atoms with E-state index in [0.717, 1.165) is 56.6 Å². The van der Waals surface area contributed by atoms with Gasteiger partial charge in [-0.05, 0) is 136 Å². The Hall–Kier alpha value is -2.44. The molecule has 4 nitrogen and oxygen atoms in total. The van der Waals surface area contributed by atoms with Crippen LogP contribution >= 0.6 is 0 Å². The monoisotopic (exact) mass is 560 g/mol. The first-order valence-electron chi connectivity index (χ1n) is 15.5. The highest BCUT2D eigenvalue weighted by atomic mass is 32.2. The van der Waals surface area contributed by atoms with E-state index in [1.54, 1.807) is 18.2 Å². The number of halogens is 1. The third kappa shape index (κ3) is 4.65. The Morgan fingerprint density at radius 1 is 0.850 bits per heavy atom. The summed E-state index contributed by atoms with van der Waals surface area (Å²) in [6.07, 6.45) is 16.7. The van der Waals surface area contributed by atoms with Gasteiger partial charge in [-0.25, -0.2) is 12.8 Å². The predicted octanol–water partition coefficient (Wildman–Crippen LogP) is 7.23. The van der Waals surface area contributed by atoms with Crippen molar-refractivity contribution >= 4 is 9.84 Å². The van der Waals surface area contributed by atoms with E-state index in [-0.39, 0.29) is 16.5 Å². The summed E-state index contributed by atoms with van der Waals surface area (Å²) < 4.78 is 42.1. The zero-order chi connectivity index (χ0) is 27.3. The number of piperidine rings is 1. The minimum absolute atomic E-state index is 0.0145. The van der Waals surface area contributed by atoms with Gasteiger partial charge in [0, 0.05) is 30.0 Å². The number of hydrogen-bond acceptors (Lipinski definition) is 3. The number of rotatable bonds is 7. The van der Waals surface area contributed by atoms with Crippen molar-refractivity contribution in [3.63, 3.8) is 0 Å². The van der Waals surface area contributed by atoms with Gasteiger partial charge < -0.3 is 4.57 Å². The van der Waals surface area contributed by atoms with E-state index >= 15 is 0 Å². The molecule has 0 spiro atoms. The number of benzene rings is 2.